The van der Waals surface area contributed by atoms with E-state index in [1.807, 2.05) is 78.9 Å². The first-order valence-corrected chi connectivity index (χ1v) is 13.2. The van der Waals surface area contributed by atoms with E-state index in [-0.39, 0.29) is 29.9 Å². The number of aromatic nitrogens is 4. The predicted molar refractivity (Wildman–Crippen MR) is 148 cm³/mol. The van der Waals surface area contributed by atoms with E-state index < -0.39 is 6.61 Å². The van der Waals surface area contributed by atoms with Crippen LogP contribution in [0.25, 0.3) is 11.1 Å². The fourth-order valence-corrected chi connectivity index (χ4v) is 4.97. The van der Waals surface area contributed by atoms with E-state index in [2.05, 4.69) is 30.4 Å². The number of halogens is 2. The SMILES string of the molecule is Cn1cc(-c2ccc(N(C(=O)NCc3ccccc3)C3CCC(Nc4nccc(OC(F)F)n4)CC3)cc2)cn1. The van der Waals surface area contributed by atoms with Crippen LogP contribution in [0.2, 0.25) is 0 Å². The van der Waals surface area contributed by atoms with Crippen molar-refractivity contribution >= 4 is 17.7 Å². The summed E-state index contributed by atoms with van der Waals surface area (Å²) in [4.78, 5) is 23.6. The van der Waals surface area contributed by atoms with Gasteiger partial charge in [-0.2, -0.15) is 18.9 Å². The number of carbonyl (C=O) groups excluding carboxylic acids is 1. The molecule has 2 aromatic carbocycles. The third-order valence-electron chi connectivity index (χ3n) is 6.92. The van der Waals surface area contributed by atoms with Crippen LogP contribution >= 0.6 is 0 Å². The van der Waals surface area contributed by atoms with Crippen molar-refractivity contribution in [1.29, 1.82) is 0 Å². The van der Waals surface area contributed by atoms with Crippen LogP contribution in [-0.4, -0.2) is 44.5 Å². The van der Waals surface area contributed by atoms with E-state index in [9.17, 15) is 13.6 Å². The van der Waals surface area contributed by atoms with Crippen molar-refractivity contribution in [3.63, 3.8) is 0 Å². The highest BCUT2D eigenvalue weighted by Gasteiger charge is 2.30. The van der Waals surface area contributed by atoms with Gasteiger partial charge in [-0.3, -0.25) is 9.58 Å². The predicted octanol–water partition coefficient (Wildman–Crippen LogP) is 5.62. The zero-order valence-corrected chi connectivity index (χ0v) is 22.1. The van der Waals surface area contributed by atoms with Gasteiger partial charge in [0.15, 0.2) is 0 Å². The smallest absolute Gasteiger partial charge is 0.388 e. The number of alkyl halides is 2. The molecule has 5 rings (SSSR count). The van der Waals surface area contributed by atoms with E-state index >= 15 is 0 Å². The third kappa shape index (κ3) is 6.90. The lowest BCUT2D eigenvalue weighted by molar-refractivity contribution is -0.0528. The zero-order chi connectivity index (χ0) is 27.9. The standard InChI is InChI=1S/C29H31F2N7O2/c1-37-19-22(18-34-37)21-7-11-24(12-8-21)38(29(39)33-17-20-5-3-2-4-6-20)25-13-9-23(10-14-25)35-28-32-16-15-26(36-28)40-27(30)31/h2-8,11-12,15-16,18-19,23,25,27H,9-10,13-14,17H2,1H3,(H,33,39)(H,32,35,36). The summed E-state index contributed by atoms with van der Waals surface area (Å²) in [5.74, 6) is 0.0576. The topological polar surface area (TPSA) is 97.2 Å². The molecule has 2 aromatic heterocycles. The van der Waals surface area contributed by atoms with Crippen molar-refractivity contribution in [2.75, 3.05) is 10.2 Å². The summed E-state index contributed by atoms with van der Waals surface area (Å²) in [6.07, 6.45) is 8.14. The number of nitrogens with one attached hydrogen (secondary N) is 2. The molecule has 0 spiro atoms. The molecule has 0 aliphatic heterocycles. The number of hydrogen-bond acceptors (Lipinski definition) is 6. The van der Waals surface area contributed by atoms with Gasteiger partial charge in [-0.1, -0.05) is 42.5 Å². The molecule has 2 heterocycles. The Kier molecular flexibility index (Phi) is 8.48. The molecule has 4 aromatic rings. The molecule has 0 bridgehead atoms. The van der Waals surface area contributed by atoms with Crippen LogP contribution in [0, 0.1) is 0 Å². The zero-order valence-electron chi connectivity index (χ0n) is 22.1. The first kappa shape index (κ1) is 27.0. The number of benzene rings is 2. The molecule has 11 heteroatoms. The second-order valence-corrected chi connectivity index (χ2v) is 9.71. The van der Waals surface area contributed by atoms with E-state index in [1.54, 1.807) is 4.68 Å². The Hall–Kier alpha value is -4.54. The van der Waals surface area contributed by atoms with Crippen LogP contribution in [0.5, 0.6) is 5.88 Å². The van der Waals surface area contributed by atoms with E-state index in [1.165, 1.54) is 12.3 Å². The van der Waals surface area contributed by atoms with Gasteiger partial charge in [-0.15, -0.1) is 0 Å². The van der Waals surface area contributed by atoms with Gasteiger partial charge in [0.1, 0.15) is 0 Å². The largest absolute Gasteiger partial charge is 0.417 e. The highest BCUT2D eigenvalue weighted by Crippen LogP contribution is 2.31. The second kappa shape index (κ2) is 12.5. The Labute approximate surface area is 231 Å². The second-order valence-electron chi connectivity index (χ2n) is 9.71. The monoisotopic (exact) mass is 547 g/mol. The van der Waals surface area contributed by atoms with Gasteiger partial charge in [0.05, 0.1) is 6.20 Å². The maximum atomic E-state index is 13.6. The Morgan fingerprint density at radius 3 is 2.48 bits per heavy atom. The van der Waals surface area contributed by atoms with Crippen molar-refractivity contribution in [2.45, 2.75) is 50.9 Å². The summed E-state index contributed by atoms with van der Waals surface area (Å²) in [5, 5.41) is 10.5. The molecule has 208 valence electrons. The fourth-order valence-electron chi connectivity index (χ4n) is 4.97. The maximum absolute atomic E-state index is 13.6. The van der Waals surface area contributed by atoms with Crippen molar-refractivity contribution in [2.24, 2.45) is 7.05 Å². The molecule has 0 atom stereocenters. The van der Waals surface area contributed by atoms with Crippen molar-refractivity contribution in [3.8, 4) is 17.0 Å². The number of hydrogen-bond donors (Lipinski definition) is 2. The van der Waals surface area contributed by atoms with E-state index in [4.69, 9.17) is 0 Å². The minimum absolute atomic E-state index is 0.0208. The van der Waals surface area contributed by atoms with E-state index in [0.717, 1.165) is 48.1 Å². The Balaban J connectivity index is 1.28. The number of urea groups is 1. The normalized spacial score (nSPS) is 16.9. The van der Waals surface area contributed by atoms with Crippen LogP contribution in [0.4, 0.5) is 25.2 Å². The molecule has 1 fully saturated rings. The lowest BCUT2D eigenvalue weighted by Gasteiger charge is -2.37. The number of carbonyl (C=O) groups is 1. The maximum Gasteiger partial charge on any atom is 0.388 e. The van der Waals surface area contributed by atoms with Gasteiger partial charge in [-0.25, -0.2) is 9.78 Å². The summed E-state index contributed by atoms with van der Waals surface area (Å²) in [5.41, 5.74) is 3.86. The Morgan fingerprint density at radius 2 is 1.80 bits per heavy atom. The summed E-state index contributed by atoms with van der Waals surface area (Å²) in [6.45, 7) is -2.52. The van der Waals surface area contributed by atoms with Gasteiger partial charge >= 0.3 is 12.6 Å². The van der Waals surface area contributed by atoms with Gasteiger partial charge < -0.3 is 15.4 Å². The molecule has 2 N–H and O–H groups in total. The molecule has 9 nitrogen and oxygen atoms in total. The fraction of sp³-hybridized carbons (Fsp3) is 0.310. The molecule has 0 unspecified atom stereocenters. The minimum Gasteiger partial charge on any atom is -0.417 e. The van der Waals surface area contributed by atoms with Gasteiger partial charge in [0, 0.05) is 55.4 Å². The molecule has 2 amide bonds. The summed E-state index contributed by atoms with van der Waals surface area (Å²) in [6, 6.07) is 18.9. The molecule has 1 aliphatic carbocycles. The molecular formula is C29H31F2N7O2. The average Bonchev–Trinajstić information content (AvgIpc) is 3.40. The first-order chi connectivity index (χ1) is 19.4. The van der Waals surface area contributed by atoms with Gasteiger partial charge in [0.25, 0.3) is 0 Å². The molecule has 0 saturated heterocycles. The lowest BCUT2D eigenvalue weighted by Crippen LogP contribution is -2.48. The number of nitrogens with zero attached hydrogens (tertiary/aromatic N) is 5. The van der Waals surface area contributed by atoms with Crippen molar-refractivity contribution in [3.05, 3.63) is 84.8 Å². The highest BCUT2D eigenvalue weighted by molar-refractivity contribution is 5.93. The average molecular weight is 548 g/mol. The molecule has 40 heavy (non-hydrogen) atoms. The van der Waals surface area contributed by atoms with Crippen LogP contribution in [0.3, 0.4) is 0 Å². The quantitative estimate of drug-likeness (QED) is 0.282. The van der Waals surface area contributed by atoms with Crippen LogP contribution < -0.4 is 20.3 Å². The van der Waals surface area contributed by atoms with Crippen molar-refractivity contribution in [1.82, 2.24) is 25.1 Å². The Morgan fingerprint density at radius 1 is 1.05 bits per heavy atom. The van der Waals surface area contributed by atoms with Gasteiger partial charge in [-0.05, 0) is 48.9 Å². The van der Waals surface area contributed by atoms with Crippen LogP contribution in [0.1, 0.15) is 31.2 Å². The third-order valence-corrected chi connectivity index (χ3v) is 6.92. The number of amides is 2. The highest BCUT2D eigenvalue weighted by atomic mass is 19.3. The van der Waals surface area contributed by atoms with Crippen molar-refractivity contribution < 1.29 is 18.3 Å². The summed E-state index contributed by atoms with van der Waals surface area (Å²) < 4.78 is 31.2. The minimum atomic E-state index is -2.95. The van der Waals surface area contributed by atoms with E-state index in [0.29, 0.717) is 6.54 Å². The number of aryl methyl sites for hydroxylation is 1. The summed E-state index contributed by atoms with van der Waals surface area (Å²) >= 11 is 0. The number of ether oxygens (including phenoxy) is 1. The number of anilines is 2. The first-order valence-electron chi connectivity index (χ1n) is 13.2. The molecular weight excluding hydrogens is 516 g/mol. The van der Waals surface area contributed by atoms with Crippen LogP contribution in [0.15, 0.2) is 79.3 Å². The number of rotatable bonds is 9. The summed E-state index contributed by atoms with van der Waals surface area (Å²) in [7, 11) is 1.88. The molecule has 0 radical (unpaired) electrons. The van der Waals surface area contributed by atoms with Gasteiger partial charge in [0.2, 0.25) is 11.8 Å². The lowest BCUT2D eigenvalue weighted by atomic mass is 9.90. The molecule has 1 saturated carbocycles. The Bertz CT molecular complexity index is 1390. The van der Waals surface area contributed by atoms with Crippen LogP contribution in [-0.2, 0) is 13.6 Å². The molecule has 1 aliphatic rings.